The normalized spacial score (nSPS) is 14.1. The van der Waals surface area contributed by atoms with E-state index in [1.807, 2.05) is 0 Å². The zero-order valence-electron chi connectivity index (χ0n) is 13.0. The molecule has 0 heterocycles. The third-order valence-electron chi connectivity index (χ3n) is 2.99. The lowest BCUT2D eigenvalue weighted by Crippen LogP contribution is -2.50. The molecule has 0 rings (SSSR count). The van der Waals surface area contributed by atoms with Crippen LogP contribution in [0.5, 0.6) is 0 Å². The number of hydrogen-bond donors (Lipinski definition) is 4. The number of rotatable bonds is 7. The molecule has 0 aromatic carbocycles. The Morgan fingerprint density at radius 2 is 1.81 bits per heavy atom. The van der Waals surface area contributed by atoms with Gasteiger partial charge in [0.25, 0.3) is 0 Å². The molecule has 0 aromatic heterocycles. The van der Waals surface area contributed by atoms with E-state index in [9.17, 15) is 14.4 Å². The fourth-order valence-electron chi connectivity index (χ4n) is 1.76. The van der Waals surface area contributed by atoms with Gasteiger partial charge in [-0.05, 0) is 40.5 Å². The van der Waals surface area contributed by atoms with E-state index in [4.69, 9.17) is 16.6 Å². The Hall–Kier alpha value is -1.83. The summed E-state index contributed by atoms with van der Waals surface area (Å²) >= 11 is 0. The fourth-order valence-corrected chi connectivity index (χ4v) is 1.76. The van der Waals surface area contributed by atoms with Crippen molar-refractivity contribution < 1.29 is 19.5 Å². The molecule has 122 valence electrons. The number of nitrogens with two attached hydrogens (primary N) is 2. The van der Waals surface area contributed by atoms with Gasteiger partial charge in [-0.15, -0.1) is 0 Å². The molecule has 0 radical (unpaired) electrons. The maximum absolute atomic E-state index is 11.5. The average molecular weight is 302 g/mol. The highest BCUT2D eigenvalue weighted by Gasteiger charge is 2.26. The van der Waals surface area contributed by atoms with Gasteiger partial charge in [-0.1, -0.05) is 0 Å². The van der Waals surface area contributed by atoms with Crippen LogP contribution in [0.25, 0.3) is 0 Å². The highest BCUT2D eigenvalue weighted by atomic mass is 16.4. The second-order valence-corrected chi connectivity index (χ2v) is 6.00. The van der Waals surface area contributed by atoms with E-state index >= 15 is 0 Å². The maximum atomic E-state index is 11.5. The van der Waals surface area contributed by atoms with Crippen molar-refractivity contribution in [1.29, 1.82) is 0 Å². The first-order valence-electron chi connectivity index (χ1n) is 6.82. The van der Waals surface area contributed by atoms with E-state index < -0.39 is 35.5 Å². The van der Waals surface area contributed by atoms with Gasteiger partial charge in [0, 0.05) is 12.1 Å². The highest BCUT2D eigenvalue weighted by Crippen LogP contribution is 2.14. The number of nitrogens with one attached hydrogen (secondary N) is 1. The molecule has 0 aliphatic heterocycles. The predicted molar refractivity (Wildman–Crippen MR) is 78.5 cm³/mol. The minimum atomic E-state index is -1.03. The van der Waals surface area contributed by atoms with Crippen LogP contribution in [-0.4, -0.2) is 52.1 Å². The second kappa shape index (κ2) is 7.82. The third kappa shape index (κ3) is 6.94. The third-order valence-corrected chi connectivity index (χ3v) is 2.99. The zero-order valence-corrected chi connectivity index (χ0v) is 13.0. The summed E-state index contributed by atoms with van der Waals surface area (Å²) in [6.45, 7) is 7.09. The van der Waals surface area contributed by atoms with Crippen molar-refractivity contribution >= 4 is 17.9 Å². The summed E-state index contributed by atoms with van der Waals surface area (Å²) in [5, 5.41) is 11.6. The van der Waals surface area contributed by atoms with Gasteiger partial charge in [-0.25, -0.2) is 4.79 Å². The predicted octanol–water partition coefficient (Wildman–Crippen LogP) is -0.138. The van der Waals surface area contributed by atoms with Crippen molar-refractivity contribution in [3.8, 4) is 0 Å². The van der Waals surface area contributed by atoms with E-state index in [1.165, 1.54) is 11.8 Å². The number of carbonyl (C=O) groups is 3. The molecule has 8 nitrogen and oxygen atoms in total. The summed E-state index contributed by atoms with van der Waals surface area (Å²) in [4.78, 5) is 35.2. The van der Waals surface area contributed by atoms with Gasteiger partial charge in [0.2, 0.25) is 11.8 Å². The van der Waals surface area contributed by atoms with E-state index in [0.717, 1.165) is 0 Å². The van der Waals surface area contributed by atoms with Crippen molar-refractivity contribution in [1.82, 2.24) is 10.2 Å². The molecule has 8 heteroatoms. The molecule has 0 bridgehead atoms. The van der Waals surface area contributed by atoms with Crippen molar-refractivity contribution in [2.24, 2.45) is 11.5 Å². The lowest BCUT2D eigenvalue weighted by molar-refractivity contribution is -0.128. The SMILES string of the molecule is CC(N)C(=O)NC(CCCN(C(=O)O)C(C)(C)C)C(N)=O. The summed E-state index contributed by atoms with van der Waals surface area (Å²) in [6, 6.07) is -1.59. The Balaban J connectivity index is 4.54. The molecular formula is C13H26N4O4. The molecule has 21 heavy (non-hydrogen) atoms. The Bertz CT molecular complexity index is 390. The van der Waals surface area contributed by atoms with E-state index in [-0.39, 0.29) is 13.0 Å². The lowest BCUT2D eigenvalue weighted by Gasteiger charge is -2.33. The Labute approximate surface area is 124 Å². The van der Waals surface area contributed by atoms with Crippen LogP contribution in [0.15, 0.2) is 0 Å². The Morgan fingerprint density at radius 1 is 1.29 bits per heavy atom. The first-order chi connectivity index (χ1) is 9.46. The van der Waals surface area contributed by atoms with Crippen molar-refractivity contribution in [3.63, 3.8) is 0 Å². The molecule has 2 unspecified atom stereocenters. The van der Waals surface area contributed by atoms with Gasteiger partial charge in [0.1, 0.15) is 6.04 Å². The van der Waals surface area contributed by atoms with Gasteiger partial charge >= 0.3 is 6.09 Å². The Kier molecular flexibility index (Phi) is 7.14. The largest absolute Gasteiger partial charge is 0.465 e. The van der Waals surface area contributed by atoms with Crippen molar-refractivity contribution in [2.75, 3.05) is 6.54 Å². The fraction of sp³-hybridized carbons (Fsp3) is 0.769. The highest BCUT2D eigenvalue weighted by molar-refractivity contribution is 5.88. The van der Waals surface area contributed by atoms with Crippen LogP contribution in [0.3, 0.4) is 0 Å². The van der Waals surface area contributed by atoms with Crippen LogP contribution in [0, 0.1) is 0 Å². The standard InChI is InChI=1S/C13H26N4O4/c1-8(14)11(19)16-9(10(15)18)6-5-7-17(12(20)21)13(2,3)4/h8-9H,5-7,14H2,1-4H3,(H2,15,18)(H,16,19)(H,20,21). The quantitative estimate of drug-likeness (QED) is 0.518. The molecule has 0 fully saturated rings. The van der Waals surface area contributed by atoms with Crippen molar-refractivity contribution in [2.45, 2.75) is 58.2 Å². The molecule has 0 saturated carbocycles. The van der Waals surface area contributed by atoms with Crippen LogP contribution in [0.1, 0.15) is 40.5 Å². The van der Waals surface area contributed by atoms with Crippen LogP contribution < -0.4 is 16.8 Å². The van der Waals surface area contributed by atoms with Gasteiger partial charge in [0.05, 0.1) is 6.04 Å². The molecule has 6 N–H and O–H groups in total. The molecule has 0 aromatic rings. The molecular weight excluding hydrogens is 276 g/mol. The van der Waals surface area contributed by atoms with Gasteiger partial charge in [-0.2, -0.15) is 0 Å². The van der Waals surface area contributed by atoms with Crippen LogP contribution in [0.4, 0.5) is 4.79 Å². The van der Waals surface area contributed by atoms with Gasteiger partial charge < -0.3 is 26.8 Å². The molecule has 3 amide bonds. The number of primary amides is 1. The summed E-state index contributed by atoms with van der Waals surface area (Å²) in [7, 11) is 0. The lowest BCUT2D eigenvalue weighted by atomic mass is 10.0. The van der Waals surface area contributed by atoms with Gasteiger partial charge in [0.15, 0.2) is 0 Å². The first kappa shape index (κ1) is 19.2. The molecule has 2 atom stereocenters. The number of hydrogen-bond acceptors (Lipinski definition) is 4. The van der Waals surface area contributed by atoms with E-state index in [0.29, 0.717) is 6.42 Å². The summed E-state index contributed by atoms with van der Waals surface area (Å²) in [6.07, 6.45) is -0.373. The van der Waals surface area contributed by atoms with Crippen LogP contribution >= 0.6 is 0 Å². The minimum absolute atomic E-state index is 0.247. The van der Waals surface area contributed by atoms with Crippen molar-refractivity contribution in [3.05, 3.63) is 0 Å². The Morgan fingerprint density at radius 3 is 2.14 bits per heavy atom. The number of nitrogens with zero attached hydrogens (tertiary/aromatic N) is 1. The van der Waals surface area contributed by atoms with Crippen LogP contribution in [0.2, 0.25) is 0 Å². The maximum Gasteiger partial charge on any atom is 0.407 e. The summed E-state index contributed by atoms with van der Waals surface area (Å²) in [5.74, 6) is -1.13. The monoisotopic (exact) mass is 302 g/mol. The minimum Gasteiger partial charge on any atom is -0.465 e. The molecule has 0 aliphatic rings. The molecule has 0 aliphatic carbocycles. The topological polar surface area (TPSA) is 139 Å². The van der Waals surface area contributed by atoms with E-state index in [1.54, 1.807) is 20.8 Å². The summed E-state index contributed by atoms with van der Waals surface area (Å²) < 4.78 is 0. The zero-order chi connectivity index (χ0) is 16.8. The van der Waals surface area contributed by atoms with Gasteiger partial charge in [-0.3, -0.25) is 9.59 Å². The number of amides is 3. The number of carbonyl (C=O) groups excluding carboxylic acids is 2. The molecule has 0 spiro atoms. The number of carboxylic acid groups (broad SMARTS) is 1. The summed E-state index contributed by atoms with van der Waals surface area (Å²) in [5.41, 5.74) is 10.1. The first-order valence-corrected chi connectivity index (χ1v) is 6.82. The smallest absolute Gasteiger partial charge is 0.407 e. The van der Waals surface area contributed by atoms with Crippen LogP contribution in [-0.2, 0) is 9.59 Å². The molecule has 0 saturated heterocycles. The average Bonchev–Trinajstić information content (AvgIpc) is 2.29. The second-order valence-electron chi connectivity index (χ2n) is 6.00. The van der Waals surface area contributed by atoms with E-state index in [2.05, 4.69) is 5.32 Å².